The van der Waals surface area contributed by atoms with Crippen molar-refractivity contribution in [1.29, 1.82) is 0 Å². The predicted octanol–water partition coefficient (Wildman–Crippen LogP) is 3.84. The van der Waals surface area contributed by atoms with Crippen molar-refractivity contribution in [3.8, 4) is 0 Å². The second-order valence-electron chi connectivity index (χ2n) is 6.64. The Morgan fingerprint density at radius 2 is 1.97 bits per heavy atom. The van der Waals surface area contributed by atoms with Gasteiger partial charge in [0.1, 0.15) is 10.9 Å². The number of carbonyl (C=O) groups excluding carboxylic acids is 2. The second kappa shape index (κ2) is 8.57. The summed E-state index contributed by atoms with van der Waals surface area (Å²) < 4.78 is 6.37. The number of para-hydroxylation sites is 1. The van der Waals surface area contributed by atoms with Crippen LogP contribution in [-0.4, -0.2) is 28.0 Å². The first kappa shape index (κ1) is 20.7. The maximum atomic E-state index is 13.1. The normalized spacial score (nSPS) is 12.0. The first-order valence-electron chi connectivity index (χ1n) is 9.42. The van der Waals surface area contributed by atoms with Crippen LogP contribution in [0.4, 0.5) is 5.69 Å². The zero-order chi connectivity index (χ0) is 21.1. The minimum absolute atomic E-state index is 0.237. The van der Waals surface area contributed by atoms with Gasteiger partial charge in [0.15, 0.2) is 0 Å². The van der Waals surface area contributed by atoms with Gasteiger partial charge >= 0.3 is 5.97 Å². The van der Waals surface area contributed by atoms with Crippen molar-refractivity contribution < 1.29 is 14.3 Å². The number of amides is 1. The summed E-state index contributed by atoms with van der Waals surface area (Å²) in [7, 11) is 0. The van der Waals surface area contributed by atoms with Gasteiger partial charge in [-0.05, 0) is 44.4 Å². The van der Waals surface area contributed by atoms with Crippen molar-refractivity contribution in [3.05, 3.63) is 57.0 Å². The van der Waals surface area contributed by atoms with Crippen LogP contribution in [0.3, 0.4) is 0 Å². The van der Waals surface area contributed by atoms with Crippen LogP contribution in [0.1, 0.15) is 47.1 Å². The Bertz CT molecular complexity index is 1130. The van der Waals surface area contributed by atoms with Crippen molar-refractivity contribution in [1.82, 2.24) is 9.55 Å². The molecule has 0 aliphatic carbocycles. The molecular weight excluding hydrogens is 390 g/mol. The zero-order valence-corrected chi connectivity index (χ0v) is 17.6. The van der Waals surface area contributed by atoms with Crippen LogP contribution in [0.25, 0.3) is 10.2 Å². The topological polar surface area (TPSA) is 90.3 Å². The number of nitrogens with one attached hydrogen (secondary N) is 1. The summed E-state index contributed by atoms with van der Waals surface area (Å²) in [4.78, 5) is 43.4. The van der Waals surface area contributed by atoms with E-state index >= 15 is 0 Å². The third-order valence-electron chi connectivity index (χ3n) is 4.76. The van der Waals surface area contributed by atoms with Crippen LogP contribution in [0.15, 0.2) is 35.4 Å². The van der Waals surface area contributed by atoms with E-state index in [1.165, 1.54) is 22.2 Å². The van der Waals surface area contributed by atoms with E-state index in [9.17, 15) is 14.4 Å². The molecule has 0 saturated heterocycles. The van der Waals surface area contributed by atoms with Gasteiger partial charge in [-0.3, -0.25) is 14.2 Å². The van der Waals surface area contributed by atoms with Crippen molar-refractivity contribution in [2.45, 2.75) is 40.2 Å². The van der Waals surface area contributed by atoms with E-state index in [2.05, 4.69) is 10.3 Å². The zero-order valence-electron chi connectivity index (χ0n) is 16.8. The number of fused-ring (bicyclic) bond motifs is 1. The van der Waals surface area contributed by atoms with Crippen LogP contribution in [0, 0.1) is 13.8 Å². The van der Waals surface area contributed by atoms with Gasteiger partial charge < -0.3 is 10.1 Å². The maximum Gasteiger partial charge on any atom is 0.329 e. The Morgan fingerprint density at radius 1 is 1.24 bits per heavy atom. The number of rotatable bonds is 6. The third kappa shape index (κ3) is 3.93. The Balaban J connectivity index is 2.03. The smallest absolute Gasteiger partial charge is 0.329 e. The molecule has 0 unspecified atom stereocenters. The average molecular weight is 413 g/mol. The number of aryl methyl sites for hydroxylation is 2. The van der Waals surface area contributed by atoms with Gasteiger partial charge in [0.25, 0.3) is 11.5 Å². The monoisotopic (exact) mass is 413 g/mol. The van der Waals surface area contributed by atoms with Crippen LogP contribution >= 0.6 is 11.3 Å². The Morgan fingerprint density at radius 3 is 2.62 bits per heavy atom. The van der Waals surface area contributed by atoms with Gasteiger partial charge in [0.05, 0.1) is 23.2 Å². The molecular formula is C21H23N3O4S. The summed E-state index contributed by atoms with van der Waals surface area (Å²) >= 11 is 1.17. The number of ether oxygens (including phenoxy) is 1. The Hall–Kier alpha value is -3.00. The van der Waals surface area contributed by atoms with Crippen LogP contribution in [0.2, 0.25) is 0 Å². The summed E-state index contributed by atoms with van der Waals surface area (Å²) in [5.74, 6) is -0.758. The van der Waals surface area contributed by atoms with Gasteiger partial charge in [-0.15, -0.1) is 11.3 Å². The van der Waals surface area contributed by atoms with E-state index in [0.29, 0.717) is 32.8 Å². The number of hydrogen-bond donors (Lipinski definition) is 1. The maximum absolute atomic E-state index is 13.1. The molecule has 2 aromatic heterocycles. The highest BCUT2D eigenvalue weighted by atomic mass is 32.1. The van der Waals surface area contributed by atoms with Gasteiger partial charge in [0, 0.05) is 5.69 Å². The fourth-order valence-corrected chi connectivity index (χ4v) is 4.22. The quantitative estimate of drug-likeness (QED) is 0.620. The van der Waals surface area contributed by atoms with Crippen LogP contribution in [0.5, 0.6) is 0 Å². The molecule has 3 aromatic rings. The molecule has 3 rings (SSSR count). The van der Waals surface area contributed by atoms with E-state index in [1.54, 1.807) is 20.8 Å². The summed E-state index contributed by atoms with van der Waals surface area (Å²) in [6, 6.07) is 6.74. The molecule has 8 heteroatoms. The SMILES string of the molecule is CCOC(=O)[C@H](CC)n1cnc2sc(C(=O)Nc3ccccc3C)c(C)c2c1=O. The van der Waals surface area contributed by atoms with Gasteiger partial charge in [-0.25, -0.2) is 9.78 Å². The number of thiophene rings is 1. The third-order valence-corrected chi connectivity index (χ3v) is 5.96. The minimum Gasteiger partial charge on any atom is -0.464 e. The predicted molar refractivity (Wildman–Crippen MR) is 114 cm³/mol. The number of esters is 1. The molecule has 0 aliphatic heterocycles. The lowest BCUT2D eigenvalue weighted by molar-refractivity contribution is -0.147. The van der Waals surface area contributed by atoms with Crippen molar-refractivity contribution in [2.75, 3.05) is 11.9 Å². The molecule has 0 saturated carbocycles. The summed E-state index contributed by atoms with van der Waals surface area (Å²) in [5, 5.41) is 3.25. The van der Waals surface area contributed by atoms with Gasteiger partial charge in [-0.1, -0.05) is 25.1 Å². The minimum atomic E-state index is -0.747. The molecule has 0 aliphatic rings. The first-order valence-corrected chi connectivity index (χ1v) is 10.2. The van der Waals surface area contributed by atoms with Crippen molar-refractivity contribution >= 4 is 39.1 Å². The molecule has 0 spiro atoms. The molecule has 1 atom stereocenters. The standard InChI is InChI=1S/C21H23N3O4S/c1-5-15(21(27)28-6-2)24-11-22-19-16(20(24)26)13(4)17(29-19)18(25)23-14-10-8-7-9-12(14)3/h7-11,15H,5-6H2,1-4H3,(H,23,25)/t15-/m0/s1. The Labute approximate surface area is 172 Å². The van der Waals surface area contributed by atoms with Gasteiger partial charge in [-0.2, -0.15) is 0 Å². The van der Waals surface area contributed by atoms with E-state index in [1.807, 2.05) is 31.2 Å². The lowest BCUT2D eigenvalue weighted by atomic mass is 10.1. The molecule has 7 nitrogen and oxygen atoms in total. The van der Waals surface area contributed by atoms with Gasteiger partial charge in [0.2, 0.25) is 0 Å². The van der Waals surface area contributed by atoms with Crippen LogP contribution in [-0.2, 0) is 9.53 Å². The largest absolute Gasteiger partial charge is 0.464 e. The highest BCUT2D eigenvalue weighted by Crippen LogP contribution is 2.28. The molecule has 2 heterocycles. The van der Waals surface area contributed by atoms with E-state index in [4.69, 9.17) is 4.74 Å². The Kier molecular flexibility index (Phi) is 6.12. The summed E-state index contributed by atoms with van der Waals surface area (Å²) in [6.45, 7) is 7.40. The summed E-state index contributed by atoms with van der Waals surface area (Å²) in [5.41, 5.74) is 1.87. The molecule has 1 N–H and O–H groups in total. The average Bonchev–Trinajstić information content (AvgIpc) is 3.03. The highest BCUT2D eigenvalue weighted by Gasteiger charge is 2.25. The lowest BCUT2D eigenvalue weighted by Gasteiger charge is -2.16. The molecule has 0 fully saturated rings. The number of hydrogen-bond acceptors (Lipinski definition) is 6. The van der Waals surface area contributed by atoms with E-state index in [-0.39, 0.29) is 18.1 Å². The molecule has 1 aromatic carbocycles. The lowest BCUT2D eigenvalue weighted by Crippen LogP contribution is -2.31. The van der Waals surface area contributed by atoms with E-state index in [0.717, 1.165) is 5.56 Å². The number of benzene rings is 1. The second-order valence-corrected chi connectivity index (χ2v) is 7.64. The van der Waals surface area contributed by atoms with E-state index < -0.39 is 12.0 Å². The molecule has 152 valence electrons. The molecule has 1 amide bonds. The van der Waals surface area contributed by atoms with Crippen molar-refractivity contribution in [3.63, 3.8) is 0 Å². The number of aromatic nitrogens is 2. The number of anilines is 1. The fourth-order valence-electron chi connectivity index (χ4n) is 3.18. The summed E-state index contributed by atoms with van der Waals surface area (Å²) in [6.07, 6.45) is 1.75. The van der Waals surface area contributed by atoms with Crippen molar-refractivity contribution in [2.24, 2.45) is 0 Å². The van der Waals surface area contributed by atoms with Crippen LogP contribution < -0.4 is 10.9 Å². The molecule has 0 bridgehead atoms. The highest BCUT2D eigenvalue weighted by molar-refractivity contribution is 7.20. The fraction of sp³-hybridized carbons (Fsp3) is 0.333. The molecule has 29 heavy (non-hydrogen) atoms. The first-order chi connectivity index (χ1) is 13.9. The molecule has 0 radical (unpaired) electrons. The number of carbonyl (C=O) groups is 2. The number of nitrogens with zero attached hydrogens (tertiary/aromatic N) is 2.